The van der Waals surface area contributed by atoms with E-state index in [4.69, 9.17) is 4.74 Å². The lowest BCUT2D eigenvalue weighted by atomic mass is 9.97. The Morgan fingerprint density at radius 1 is 1.43 bits per heavy atom. The summed E-state index contributed by atoms with van der Waals surface area (Å²) >= 11 is 0. The molecule has 2 N–H and O–H groups in total. The summed E-state index contributed by atoms with van der Waals surface area (Å²) in [6, 6.07) is 4.02. The number of halogens is 1. The molecule has 1 aliphatic carbocycles. The Morgan fingerprint density at radius 3 is 2.71 bits per heavy atom. The minimum Gasteiger partial charge on any atom is -0.489 e. The Labute approximate surface area is 124 Å². The van der Waals surface area contributed by atoms with Crippen LogP contribution >= 0.6 is 0 Å². The monoisotopic (exact) mass is 295 g/mol. The zero-order valence-electron chi connectivity index (χ0n) is 12.5. The second-order valence-corrected chi connectivity index (χ2v) is 5.96. The van der Waals surface area contributed by atoms with Crippen molar-refractivity contribution >= 4 is 11.6 Å². The fraction of sp³-hybridized carbons (Fsp3) is 0.562. The number of rotatable bonds is 5. The first kappa shape index (κ1) is 15.8. The van der Waals surface area contributed by atoms with Gasteiger partial charge in [-0.25, -0.2) is 4.39 Å². The van der Waals surface area contributed by atoms with Crippen LogP contribution in [0.15, 0.2) is 18.2 Å². The molecule has 1 fully saturated rings. The quantitative estimate of drug-likeness (QED) is 0.876. The Morgan fingerprint density at radius 2 is 2.10 bits per heavy atom. The summed E-state index contributed by atoms with van der Waals surface area (Å²) in [7, 11) is 0. The smallest absolute Gasteiger partial charge is 0.227 e. The lowest BCUT2D eigenvalue weighted by Gasteiger charge is -2.22. The average molecular weight is 295 g/mol. The predicted octanol–water partition coefficient (Wildman–Crippen LogP) is 3.25. The van der Waals surface area contributed by atoms with Crippen LogP contribution in [-0.4, -0.2) is 22.7 Å². The van der Waals surface area contributed by atoms with Crippen molar-refractivity contribution in [1.29, 1.82) is 0 Å². The van der Waals surface area contributed by atoms with Gasteiger partial charge in [-0.05, 0) is 38.8 Å². The van der Waals surface area contributed by atoms with Gasteiger partial charge in [-0.2, -0.15) is 0 Å². The first-order valence-electron chi connectivity index (χ1n) is 7.36. The van der Waals surface area contributed by atoms with E-state index in [1.54, 1.807) is 0 Å². The number of carbonyl (C=O) groups excluding carboxylic acids is 1. The number of hydrogen-bond acceptors (Lipinski definition) is 3. The van der Waals surface area contributed by atoms with Crippen molar-refractivity contribution in [1.82, 2.24) is 0 Å². The standard InChI is InChI=1S/C16H22FNO3/c1-11(2)21-14-6-5-12(17)9-13(14)18-15(19)10-16(20)7-3-4-8-16/h5-6,9,11,20H,3-4,7-8,10H2,1-2H3,(H,18,19). The molecule has 0 bridgehead atoms. The molecule has 1 saturated carbocycles. The Kier molecular flexibility index (Phi) is 4.83. The highest BCUT2D eigenvalue weighted by molar-refractivity contribution is 5.92. The predicted molar refractivity (Wildman–Crippen MR) is 78.8 cm³/mol. The summed E-state index contributed by atoms with van der Waals surface area (Å²) < 4.78 is 18.9. The molecule has 116 valence electrons. The molecule has 21 heavy (non-hydrogen) atoms. The maximum Gasteiger partial charge on any atom is 0.227 e. The summed E-state index contributed by atoms with van der Waals surface area (Å²) in [5, 5.41) is 12.9. The van der Waals surface area contributed by atoms with Gasteiger partial charge in [-0.15, -0.1) is 0 Å². The second-order valence-electron chi connectivity index (χ2n) is 5.96. The lowest BCUT2D eigenvalue weighted by molar-refractivity contribution is -0.120. The largest absolute Gasteiger partial charge is 0.489 e. The highest BCUT2D eigenvalue weighted by Crippen LogP contribution is 2.33. The van der Waals surface area contributed by atoms with Crippen LogP contribution < -0.4 is 10.1 Å². The molecule has 0 unspecified atom stereocenters. The number of nitrogens with one attached hydrogen (secondary N) is 1. The van der Waals surface area contributed by atoms with Gasteiger partial charge in [0.1, 0.15) is 11.6 Å². The van der Waals surface area contributed by atoms with Gasteiger partial charge in [0.05, 0.1) is 23.8 Å². The van der Waals surface area contributed by atoms with Gasteiger partial charge in [0, 0.05) is 6.07 Å². The first-order valence-corrected chi connectivity index (χ1v) is 7.36. The normalized spacial score (nSPS) is 17.0. The van der Waals surface area contributed by atoms with E-state index in [0.29, 0.717) is 24.3 Å². The summed E-state index contributed by atoms with van der Waals surface area (Å²) in [4.78, 5) is 12.1. The van der Waals surface area contributed by atoms with Crippen molar-refractivity contribution in [3.8, 4) is 5.75 Å². The molecular weight excluding hydrogens is 273 g/mol. The van der Waals surface area contributed by atoms with Crippen LogP contribution in [0.1, 0.15) is 46.0 Å². The zero-order valence-corrected chi connectivity index (χ0v) is 12.5. The molecule has 0 radical (unpaired) electrons. The summed E-state index contributed by atoms with van der Waals surface area (Å²) in [6.45, 7) is 3.71. The number of ether oxygens (including phenoxy) is 1. The first-order chi connectivity index (χ1) is 9.88. The lowest BCUT2D eigenvalue weighted by Crippen LogP contribution is -2.30. The molecule has 1 aromatic rings. The molecule has 0 aromatic heterocycles. The number of aliphatic hydroxyl groups is 1. The zero-order chi connectivity index (χ0) is 15.5. The maximum absolute atomic E-state index is 13.4. The van der Waals surface area contributed by atoms with E-state index >= 15 is 0 Å². The van der Waals surface area contributed by atoms with Gasteiger partial charge < -0.3 is 15.2 Å². The van der Waals surface area contributed by atoms with Gasteiger partial charge in [0.15, 0.2) is 0 Å². The van der Waals surface area contributed by atoms with Crippen LogP contribution in [0.5, 0.6) is 5.75 Å². The molecule has 0 aliphatic heterocycles. The van der Waals surface area contributed by atoms with Gasteiger partial charge in [0.2, 0.25) is 5.91 Å². The average Bonchev–Trinajstić information content (AvgIpc) is 2.78. The van der Waals surface area contributed by atoms with Crippen molar-refractivity contribution in [2.45, 2.75) is 57.7 Å². The molecule has 1 amide bonds. The number of amides is 1. The summed E-state index contributed by atoms with van der Waals surface area (Å²) in [5.74, 6) is -0.335. The second kappa shape index (κ2) is 6.43. The number of benzene rings is 1. The highest BCUT2D eigenvalue weighted by atomic mass is 19.1. The molecule has 0 atom stereocenters. The maximum atomic E-state index is 13.4. The van der Waals surface area contributed by atoms with Crippen LogP contribution in [0.4, 0.5) is 10.1 Å². The fourth-order valence-electron chi connectivity index (χ4n) is 2.66. The number of hydrogen-bond donors (Lipinski definition) is 2. The van der Waals surface area contributed by atoms with Crippen molar-refractivity contribution in [2.75, 3.05) is 5.32 Å². The fourth-order valence-corrected chi connectivity index (χ4v) is 2.66. The van der Waals surface area contributed by atoms with Gasteiger partial charge in [-0.1, -0.05) is 12.8 Å². The molecular formula is C16H22FNO3. The van der Waals surface area contributed by atoms with Crippen molar-refractivity contribution in [2.24, 2.45) is 0 Å². The molecule has 0 heterocycles. The number of carbonyl (C=O) groups is 1. The third-order valence-electron chi connectivity index (χ3n) is 3.60. The van der Waals surface area contributed by atoms with Crippen molar-refractivity contribution < 1.29 is 19.0 Å². The van der Waals surface area contributed by atoms with E-state index < -0.39 is 11.4 Å². The van der Waals surface area contributed by atoms with E-state index in [9.17, 15) is 14.3 Å². The Hall–Kier alpha value is -1.62. The third kappa shape index (κ3) is 4.43. The van der Waals surface area contributed by atoms with E-state index in [-0.39, 0.29) is 18.4 Å². The van der Waals surface area contributed by atoms with Gasteiger partial charge >= 0.3 is 0 Å². The minimum atomic E-state index is -0.920. The summed E-state index contributed by atoms with van der Waals surface area (Å²) in [6.07, 6.45) is 3.10. The van der Waals surface area contributed by atoms with E-state index in [1.165, 1.54) is 18.2 Å². The molecule has 1 aliphatic rings. The molecule has 0 spiro atoms. The Balaban J connectivity index is 2.07. The van der Waals surface area contributed by atoms with Crippen molar-refractivity contribution in [3.63, 3.8) is 0 Å². The molecule has 4 nitrogen and oxygen atoms in total. The van der Waals surface area contributed by atoms with Crippen molar-refractivity contribution in [3.05, 3.63) is 24.0 Å². The molecule has 2 rings (SSSR count). The van der Waals surface area contributed by atoms with E-state index in [1.807, 2.05) is 13.8 Å². The molecule has 1 aromatic carbocycles. The highest BCUT2D eigenvalue weighted by Gasteiger charge is 2.33. The molecule has 5 heteroatoms. The Bertz CT molecular complexity index is 510. The van der Waals surface area contributed by atoms with Crippen LogP contribution in [-0.2, 0) is 4.79 Å². The minimum absolute atomic E-state index is 0.0324. The molecule has 0 saturated heterocycles. The van der Waals surface area contributed by atoms with Crippen LogP contribution in [0.3, 0.4) is 0 Å². The summed E-state index contributed by atoms with van der Waals surface area (Å²) in [5.41, 5.74) is -0.619. The van der Waals surface area contributed by atoms with Gasteiger partial charge in [0.25, 0.3) is 0 Å². The van der Waals surface area contributed by atoms with E-state index in [2.05, 4.69) is 5.32 Å². The van der Waals surface area contributed by atoms with Crippen LogP contribution in [0.25, 0.3) is 0 Å². The van der Waals surface area contributed by atoms with E-state index in [0.717, 1.165) is 12.8 Å². The topological polar surface area (TPSA) is 58.6 Å². The van der Waals surface area contributed by atoms with Gasteiger partial charge in [-0.3, -0.25) is 4.79 Å². The third-order valence-corrected chi connectivity index (χ3v) is 3.60. The van der Waals surface area contributed by atoms with Crippen LogP contribution in [0, 0.1) is 5.82 Å². The SMILES string of the molecule is CC(C)Oc1ccc(F)cc1NC(=O)CC1(O)CCCC1. The van der Waals surface area contributed by atoms with Crippen LogP contribution in [0.2, 0.25) is 0 Å². The number of anilines is 1.